The van der Waals surface area contributed by atoms with Gasteiger partial charge in [0.15, 0.2) is 15.0 Å². The molecular formula is C13H16N2O3S2. The molecule has 0 atom stereocenters. The Balaban J connectivity index is 1.96. The maximum atomic E-state index is 11.3. The Bertz CT molecular complexity index is 663. The zero-order chi connectivity index (χ0) is 14.6. The molecule has 0 aliphatic carbocycles. The van der Waals surface area contributed by atoms with Crippen molar-refractivity contribution in [1.29, 1.82) is 0 Å². The van der Waals surface area contributed by atoms with Crippen LogP contribution in [0.15, 0.2) is 35.4 Å². The van der Waals surface area contributed by atoms with Crippen LogP contribution in [0, 0.1) is 0 Å². The van der Waals surface area contributed by atoms with E-state index in [9.17, 15) is 8.42 Å². The largest absolute Gasteiger partial charge is 0.488 e. The van der Waals surface area contributed by atoms with E-state index in [4.69, 9.17) is 4.74 Å². The molecule has 5 nitrogen and oxygen atoms in total. The third-order valence-electron chi connectivity index (χ3n) is 2.51. The number of anilines is 1. The van der Waals surface area contributed by atoms with Gasteiger partial charge in [-0.3, -0.25) is 0 Å². The number of thiazole rings is 1. The molecule has 2 rings (SSSR count). The van der Waals surface area contributed by atoms with E-state index >= 15 is 0 Å². The van der Waals surface area contributed by atoms with E-state index < -0.39 is 9.84 Å². The van der Waals surface area contributed by atoms with Gasteiger partial charge in [-0.25, -0.2) is 13.4 Å². The minimum absolute atomic E-state index is 0.289. The molecule has 1 aromatic carbocycles. The van der Waals surface area contributed by atoms with Crippen LogP contribution in [0.5, 0.6) is 5.75 Å². The lowest BCUT2D eigenvalue weighted by Gasteiger charge is -2.05. The molecule has 1 N–H and O–H groups in total. The second-order valence-electron chi connectivity index (χ2n) is 4.19. The standard InChI is InChI=1S/C13H16N2O3S2/c1-3-14-13-15-8-11(19-13)9-18-10-4-6-12(7-5-10)20(2,16)17/h4-8H,3,9H2,1-2H3,(H,14,15). The van der Waals surface area contributed by atoms with Crippen LogP contribution < -0.4 is 10.1 Å². The maximum absolute atomic E-state index is 11.3. The van der Waals surface area contributed by atoms with Crippen molar-refractivity contribution in [3.05, 3.63) is 35.3 Å². The van der Waals surface area contributed by atoms with Crippen molar-refractivity contribution in [3.63, 3.8) is 0 Å². The average molecular weight is 312 g/mol. The molecule has 0 unspecified atom stereocenters. The molecule has 0 radical (unpaired) electrons. The average Bonchev–Trinajstić information content (AvgIpc) is 2.84. The normalized spacial score (nSPS) is 11.3. The number of aromatic nitrogens is 1. The van der Waals surface area contributed by atoms with Crippen molar-refractivity contribution < 1.29 is 13.2 Å². The molecule has 0 bridgehead atoms. The zero-order valence-corrected chi connectivity index (χ0v) is 12.9. The van der Waals surface area contributed by atoms with Crippen LogP contribution in [0.25, 0.3) is 0 Å². The van der Waals surface area contributed by atoms with E-state index in [1.165, 1.54) is 6.26 Å². The molecule has 0 amide bonds. The van der Waals surface area contributed by atoms with Crippen LogP contribution in [0.1, 0.15) is 11.8 Å². The van der Waals surface area contributed by atoms with E-state index in [0.29, 0.717) is 12.4 Å². The zero-order valence-electron chi connectivity index (χ0n) is 11.3. The van der Waals surface area contributed by atoms with Gasteiger partial charge in [0, 0.05) is 19.0 Å². The number of hydrogen-bond donors (Lipinski definition) is 1. The molecule has 0 spiro atoms. The highest BCUT2D eigenvalue weighted by molar-refractivity contribution is 7.90. The van der Waals surface area contributed by atoms with E-state index in [2.05, 4.69) is 10.3 Å². The highest BCUT2D eigenvalue weighted by atomic mass is 32.2. The second-order valence-corrected chi connectivity index (χ2v) is 7.33. The second kappa shape index (κ2) is 6.23. The Labute approximate surface area is 122 Å². The van der Waals surface area contributed by atoms with Crippen LogP contribution >= 0.6 is 11.3 Å². The molecule has 20 heavy (non-hydrogen) atoms. The molecule has 0 fully saturated rings. The van der Waals surface area contributed by atoms with Crippen LogP contribution in [-0.4, -0.2) is 26.2 Å². The number of benzene rings is 1. The van der Waals surface area contributed by atoms with Gasteiger partial charge in [0.2, 0.25) is 0 Å². The molecular weight excluding hydrogens is 296 g/mol. The highest BCUT2D eigenvalue weighted by Crippen LogP contribution is 2.21. The van der Waals surface area contributed by atoms with Crippen LogP contribution in [0.3, 0.4) is 0 Å². The Morgan fingerprint density at radius 1 is 1.30 bits per heavy atom. The fourth-order valence-corrected chi connectivity index (χ4v) is 2.97. The fourth-order valence-electron chi connectivity index (χ4n) is 1.54. The minimum Gasteiger partial charge on any atom is -0.488 e. The number of rotatable bonds is 6. The first kappa shape index (κ1) is 14.8. The predicted molar refractivity (Wildman–Crippen MR) is 80.2 cm³/mol. The Morgan fingerprint density at radius 3 is 2.60 bits per heavy atom. The summed E-state index contributed by atoms with van der Waals surface area (Å²) in [6.07, 6.45) is 2.95. The van der Waals surface area contributed by atoms with E-state index in [0.717, 1.165) is 16.6 Å². The predicted octanol–water partition coefficient (Wildman–Crippen LogP) is 2.56. The fraction of sp³-hybridized carbons (Fsp3) is 0.308. The summed E-state index contributed by atoms with van der Waals surface area (Å²) in [6, 6.07) is 6.40. The van der Waals surface area contributed by atoms with Gasteiger partial charge in [0.25, 0.3) is 0 Å². The van der Waals surface area contributed by atoms with Crippen molar-refractivity contribution in [1.82, 2.24) is 4.98 Å². The molecule has 2 aromatic rings. The molecule has 0 saturated heterocycles. The van der Waals surface area contributed by atoms with Crippen molar-refractivity contribution >= 4 is 26.3 Å². The lowest BCUT2D eigenvalue weighted by atomic mass is 10.3. The van der Waals surface area contributed by atoms with E-state index in [-0.39, 0.29) is 4.90 Å². The Hall–Kier alpha value is -1.60. The summed E-state index contributed by atoms with van der Waals surface area (Å²) in [7, 11) is -3.16. The Kier molecular flexibility index (Phi) is 4.61. The summed E-state index contributed by atoms with van der Waals surface area (Å²) in [5, 5.41) is 4.01. The smallest absolute Gasteiger partial charge is 0.182 e. The number of nitrogens with zero attached hydrogens (tertiary/aromatic N) is 1. The van der Waals surface area contributed by atoms with Gasteiger partial charge >= 0.3 is 0 Å². The monoisotopic (exact) mass is 312 g/mol. The van der Waals surface area contributed by atoms with Gasteiger partial charge < -0.3 is 10.1 Å². The minimum atomic E-state index is -3.16. The molecule has 1 aromatic heterocycles. The maximum Gasteiger partial charge on any atom is 0.182 e. The van der Waals surface area contributed by atoms with Crippen molar-refractivity contribution in [3.8, 4) is 5.75 Å². The third-order valence-corrected chi connectivity index (χ3v) is 4.57. The van der Waals surface area contributed by atoms with E-state index in [1.807, 2.05) is 6.92 Å². The molecule has 0 aliphatic rings. The molecule has 1 heterocycles. The summed E-state index contributed by atoms with van der Waals surface area (Å²) in [5.41, 5.74) is 0. The van der Waals surface area contributed by atoms with Gasteiger partial charge in [-0.15, -0.1) is 0 Å². The SMILES string of the molecule is CCNc1ncc(COc2ccc(S(C)(=O)=O)cc2)s1. The van der Waals surface area contributed by atoms with Gasteiger partial charge in [-0.2, -0.15) is 0 Å². The summed E-state index contributed by atoms with van der Waals surface area (Å²) >= 11 is 1.54. The number of ether oxygens (including phenoxy) is 1. The lowest BCUT2D eigenvalue weighted by Crippen LogP contribution is -1.97. The van der Waals surface area contributed by atoms with Gasteiger partial charge in [-0.05, 0) is 31.2 Å². The molecule has 0 aliphatic heterocycles. The van der Waals surface area contributed by atoms with Crippen LogP contribution in [-0.2, 0) is 16.4 Å². The van der Waals surface area contributed by atoms with E-state index in [1.54, 1.807) is 41.8 Å². The first-order valence-electron chi connectivity index (χ1n) is 6.10. The molecule has 0 saturated carbocycles. The number of hydrogen-bond acceptors (Lipinski definition) is 6. The first-order valence-corrected chi connectivity index (χ1v) is 8.81. The molecule has 7 heteroatoms. The summed E-state index contributed by atoms with van der Waals surface area (Å²) in [6.45, 7) is 3.27. The van der Waals surface area contributed by atoms with Gasteiger partial charge in [0.1, 0.15) is 12.4 Å². The Morgan fingerprint density at radius 2 is 2.00 bits per heavy atom. The van der Waals surface area contributed by atoms with Crippen molar-refractivity contribution in [2.45, 2.75) is 18.4 Å². The van der Waals surface area contributed by atoms with Gasteiger partial charge in [0.05, 0.1) is 9.77 Å². The summed E-state index contributed by atoms with van der Waals surface area (Å²) in [4.78, 5) is 5.51. The van der Waals surface area contributed by atoms with Crippen LogP contribution in [0.4, 0.5) is 5.13 Å². The van der Waals surface area contributed by atoms with Crippen molar-refractivity contribution in [2.75, 3.05) is 18.1 Å². The third kappa shape index (κ3) is 3.94. The quantitative estimate of drug-likeness (QED) is 0.888. The number of nitrogens with one attached hydrogen (secondary N) is 1. The number of sulfone groups is 1. The van der Waals surface area contributed by atoms with Gasteiger partial charge in [-0.1, -0.05) is 11.3 Å². The summed E-state index contributed by atoms with van der Waals surface area (Å²) < 4.78 is 28.3. The lowest BCUT2D eigenvalue weighted by molar-refractivity contribution is 0.309. The highest BCUT2D eigenvalue weighted by Gasteiger charge is 2.07. The molecule has 108 valence electrons. The van der Waals surface area contributed by atoms with Crippen LogP contribution in [0.2, 0.25) is 0 Å². The summed E-state index contributed by atoms with van der Waals surface area (Å²) in [5.74, 6) is 0.635. The topological polar surface area (TPSA) is 68.3 Å². The van der Waals surface area contributed by atoms with Crippen molar-refractivity contribution in [2.24, 2.45) is 0 Å². The first-order chi connectivity index (χ1) is 9.49.